The van der Waals surface area contributed by atoms with Crippen LogP contribution in [0.4, 0.5) is 0 Å². The number of carbonyl (C=O) groups excluding carboxylic acids is 1. The van der Waals surface area contributed by atoms with Crippen LogP contribution >= 0.6 is 0 Å². The van der Waals surface area contributed by atoms with Crippen LogP contribution in [0.15, 0.2) is 0 Å². The molecular weight excluding hydrogens is 292 g/mol. The molecule has 1 amide bonds. The van der Waals surface area contributed by atoms with Crippen molar-refractivity contribution >= 4 is 15.9 Å². The summed E-state index contributed by atoms with van der Waals surface area (Å²) in [7, 11) is -3.84. The van der Waals surface area contributed by atoms with Crippen LogP contribution in [0, 0.1) is 5.41 Å². The molecule has 0 unspecified atom stereocenters. The summed E-state index contributed by atoms with van der Waals surface area (Å²) in [5.74, 6) is -0.434. The average molecular weight is 318 g/mol. The number of nitrogens with one attached hydrogen (secondary N) is 1. The van der Waals surface area contributed by atoms with Gasteiger partial charge in [-0.3, -0.25) is 4.79 Å². The van der Waals surface area contributed by atoms with Gasteiger partial charge in [0.1, 0.15) is 0 Å². The molecule has 0 saturated heterocycles. The number of nitrogens with two attached hydrogens (primary N) is 1. The number of sulfonamides is 1. The molecule has 0 heterocycles. The highest BCUT2D eigenvalue weighted by Gasteiger charge is 2.62. The quantitative estimate of drug-likeness (QED) is 0.729. The normalized spacial score (nSPS) is 29.5. The van der Waals surface area contributed by atoms with E-state index in [1.54, 1.807) is 0 Å². The molecule has 0 spiro atoms. The van der Waals surface area contributed by atoms with E-state index in [1.165, 1.54) is 0 Å². The van der Waals surface area contributed by atoms with Gasteiger partial charge in [-0.25, -0.2) is 13.6 Å². The summed E-state index contributed by atoms with van der Waals surface area (Å²) >= 11 is 0. The Morgan fingerprint density at radius 3 is 2.24 bits per heavy atom. The number of hydrogen-bond acceptors (Lipinski definition) is 4. The van der Waals surface area contributed by atoms with Gasteiger partial charge in [0.15, 0.2) is 4.75 Å². The maximum Gasteiger partial charge on any atom is 0.243 e. The summed E-state index contributed by atoms with van der Waals surface area (Å²) in [6.45, 7) is 6.77. The fraction of sp³-hybridized carbons (Fsp3) is 0.929. The summed E-state index contributed by atoms with van der Waals surface area (Å²) < 4.78 is 27.6. The van der Waals surface area contributed by atoms with E-state index in [0.717, 1.165) is 19.3 Å². The molecule has 2 atom stereocenters. The van der Waals surface area contributed by atoms with Gasteiger partial charge in [-0.15, -0.1) is 0 Å². The lowest BCUT2D eigenvalue weighted by atomic mass is 9.58. The van der Waals surface area contributed by atoms with Crippen molar-refractivity contribution in [3.05, 3.63) is 0 Å². The zero-order valence-electron chi connectivity index (χ0n) is 13.0. The van der Waals surface area contributed by atoms with Crippen LogP contribution in [0.2, 0.25) is 0 Å². The Morgan fingerprint density at radius 1 is 1.29 bits per heavy atom. The summed E-state index contributed by atoms with van der Waals surface area (Å²) in [5, 5.41) is 8.13. The number of hydrogen-bond donors (Lipinski definition) is 2. The van der Waals surface area contributed by atoms with E-state index in [4.69, 9.17) is 9.88 Å². The van der Waals surface area contributed by atoms with Crippen LogP contribution in [-0.4, -0.2) is 37.8 Å². The number of amides is 1. The third-order valence-electron chi connectivity index (χ3n) is 5.44. The second kappa shape index (κ2) is 5.52. The van der Waals surface area contributed by atoms with E-state index in [-0.39, 0.29) is 17.6 Å². The van der Waals surface area contributed by atoms with Crippen LogP contribution in [0.1, 0.15) is 52.9 Å². The van der Waals surface area contributed by atoms with Gasteiger partial charge in [0.2, 0.25) is 15.9 Å². The van der Waals surface area contributed by atoms with Gasteiger partial charge < -0.3 is 10.1 Å². The van der Waals surface area contributed by atoms with E-state index < -0.39 is 20.7 Å². The zero-order valence-corrected chi connectivity index (χ0v) is 13.8. The molecule has 2 aliphatic rings. The minimum absolute atomic E-state index is 0.0317. The molecule has 3 N–H and O–H groups in total. The predicted octanol–water partition coefficient (Wildman–Crippen LogP) is 0.907. The molecule has 0 aliphatic heterocycles. The first-order valence-corrected chi connectivity index (χ1v) is 9.27. The van der Waals surface area contributed by atoms with Gasteiger partial charge in [-0.1, -0.05) is 13.8 Å². The first-order valence-electron chi connectivity index (χ1n) is 7.72. The van der Waals surface area contributed by atoms with Gasteiger partial charge in [0.25, 0.3) is 0 Å². The number of ether oxygens (including phenoxy) is 1. The van der Waals surface area contributed by atoms with Crippen LogP contribution in [0.25, 0.3) is 0 Å². The maximum atomic E-state index is 12.4. The highest BCUT2D eigenvalue weighted by molar-refractivity contribution is 7.91. The van der Waals surface area contributed by atoms with Crippen molar-refractivity contribution in [2.24, 2.45) is 10.6 Å². The van der Waals surface area contributed by atoms with Crippen molar-refractivity contribution in [2.75, 3.05) is 6.61 Å². The van der Waals surface area contributed by atoms with Gasteiger partial charge >= 0.3 is 0 Å². The topological polar surface area (TPSA) is 98.5 Å². The van der Waals surface area contributed by atoms with Crippen LogP contribution in [0.3, 0.4) is 0 Å². The Morgan fingerprint density at radius 2 is 1.86 bits per heavy atom. The molecule has 0 bridgehead atoms. The van der Waals surface area contributed by atoms with Crippen molar-refractivity contribution in [3.8, 4) is 0 Å². The maximum absolute atomic E-state index is 12.4. The van der Waals surface area contributed by atoms with Gasteiger partial charge in [0, 0.05) is 18.1 Å². The highest BCUT2D eigenvalue weighted by Crippen LogP contribution is 2.50. The smallest absolute Gasteiger partial charge is 0.243 e. The van der Waals surface area contributed by atoms with Crippen LogP contribution < -0.4 is 10.5 Å². The fourth-order valence-corrected chi connectivity index (χ4v) is 4.62. The third kappa shape index (κ3) is 2.49. The van der Waals surface area contributed by atoms with Crippen LogP contribution in [-0.2, 0) is 19.6 Å². The Labute approximate surface area is 126 Å². The SMILES string of the molecule is CCO[C@@H]1C[C@H](NC(=O)C2(S(N)(=O)=O)CC2)C1(CC)CC. The van der Waals surface area contributed by atoms with E-state index >= 15 is 0 Å². The molecule has 0 aromatic heterocycles. The van der Waals surface area contributed by atoms with Crippen molar-refractivity contribution in [3.63, 3.8) is 0 Å². The second-order valence-electron chi connectivity index (χ2n) is 6.19. The Hall–Kier alpha value is -0.660. The molecule has 2 saturated carbocycles. The largest absolute Gasteiger partial charge is 0.378 e. The minimum Gasteiger partial charge on any atom is -0.378 e. The lowest BCUT2D eigenvalue weighted by Gasteiger charge is -2.55. The molecule has 2 aliphatic carbocycles. The molecule has 0 aromatic carbocycles. The summed E-state index contributed by atoms with van der Waals surface area (Å²) in [6.07, 6.45) is 3.30. The first-order chi connectivity index (χ1) is 9.77. The lowest BCUT2D eigenvalue weighted by Crippen LogP contribution is -2.66. The fourth-order valence-electron chi connectivity index (χ4n) is 3.63. The van der Waals surface area contributed by atoms with Gasteiger partial charge in [-0.05, 0) is 39.0 Å². The van der Waals surface area contributed by atoms with Gasteiger partial charge in [-0.2, -0.15) is 0 Å². The Balaban J connectivity index is 2.09. The molecule has 7 heteroatoms. The summed E-state index contributed by atoms with van der Waals surface area (Å²) in [4.78, 5) is 12.4. The molecule has 6 nitrogen and oxygen atoms in total. The minimum atomic E-state index is -3.84. The van der Waals surface area contributed by atoms with Crippen molar-refractivity contribution in [1.29, 1.82) is 0 Å². The number of carbonyl (C=O) groups is 1. The molecule has 21 heavy (non-hydrogen) atoms. The first kappa shape index (κ1) is 16.7. The van der Waals surface area contributed by atoms with E-state index in [9.17, 15) is 13.2 Å². The average Bonchev–Trinajstić information content (AvgIpc) is 3.19. The molecule has 2 rings (SSSR count). The number of primary sulfonamides is 1. The molecule has 122 valence electrons. The predicted molar refractivity (Wildman–Crippen MR) is 80.0 cm³/mol. The molecule has 2 fully saturated rings. The Kier molecular flexibility index (Phi) is 4.39. The summed E-state index contributed by atoms with van der Waals surface area (Å²) in [6, 6.07) is -0.0317. The molecule has 0 radical (unpaired) electrons. The van der Waals surface area contributed by atoms with E-state index in [0.29, 0.717) is 19.4 Å². The van der Waals surface area contributed by atoms with Crippen molar-refractivity contribution in [2.45, 2.75) is 69.8 Å². The van der Waals surface area contributed by atoms with Gasteiger partial charge in [0.05, 0.1) is 6.10 Å². The highest BCUT2D eigenvalue weighted by atomic mass is 32.2. The van der Waals surface area contributed by atoms with Crippen molar-refractivity contribution < 1.29 is 17.9 Å². The van der Waals surface area contributed by atoms with Crippen molar-refractivity contribution in [1.82, 2.24) is 5.32 Å². The zero-order chi connectivity index (χ0) is 15.9. The number of rotatable bonds is 7. The molecular formula is C14H26N2O4S. The summed E-state index contributed by atoms with van der Waals surface area (Å²) in [5.41, 5.74) is -0.0971. The second-order valence-corrected chi connectivity index (χ2v) is 8.06. The lowest BCUT2D eigenvalue weighted by molar-refractivity contribution is -0.148. The van der Waals surface area contributed by atoms with Crippen LogP contribution in [0.5, 0.6) is 0 Å². The van der Waals surface area contributed by atoms with E-state index in [1.807, 2.05) is 6.92 Å². The third-order valence-corrected chi connectivity index (χ3v) is 7.12. The monoisotopic (exact) mass is 318 g/mol. The van der Waals surface area contributed by atoms with E-state index in [2.05, 4.69) is 19.2 Å². The molecule has 0 aromatic rings. The Bertz CT molecular complexity index is 509. The standard InChI is InChI=1S/C14H26N2O4S/c1-4-13(5-2)10(9-11(13)20-6-3)16-12(17)14(7-8-14)21(15,18)19/h10-11H,4-9H2,1-3H3,(H,16,17)(H2,15,18,19)/t10-,11+/m0/s1.